The Balaban J connectivity index is 1.81. The highest BCUT2D eigenvalue weighted by atomic mass is 19.1. The van der Waals surface area contributed by atoms with Gasteiger partial charge in [-0.3, -0.25) is 0 Å². The van der Waals surface area contributed by atoms with Crippen LogP contribution in [-0.4, -0.2) is 47.2 Å². The molecule has 178 valence electrons. The molecule has 2 amide bonds. The molecule has 0 N–H and O–H groups in total. The Kier molecular flexibility index (Phi) is 7.56. The summed E-state index contributed by atoms with van der Waals surface area (Å²) >= 11 is 0. The maximum atomic E-state index is 14.7. The zero-order valence-electron chi connectivity index (χ0n) is 19.4. The van der Waals surface area contributed by atoms with Gasteiger partial charge in [0.05, 0.1) is 6.04 Å². The number of rotatable bonds is 4. The normalized spacial score (nSPS) is 18.5. The number of likely N-dealkylation sites (tertiary alicyclic amines) is 1. The van der Waals surface area contributed by atoms with Gasteiger partial charge in [-0.25, -0.2) is 18.4 Å². The molecule has 1 saturated heterocycles. The van der Waals surface area contributed by atoms with Crippen molar-refractivity contribution in [2.75, 3.05) is 13.6 Å². The number of nitrogens with zero attached hydrogens (tertiary/aromatic N) is 2. The van der Waals surface area contributed by atoms with Gasteiger partial charge in [-0.2, -0.15) is 0 Å². The molecular formula is C25H30F2N2O4. The van der Waals surface area contributed by atoms with Crippen molar-refractivity contribution in [1.29, 1.82) is 0 Å². The minimum Gasteiger partial charge on any atom is -0.445 e. The first kappa shape index (κ1) is 24.5. The summed E-state index contributed by atoms with van der Waals surface area (Å²) in [6.45, 7) is 5.60. The van der Waals surface area contributed by atoms with Gasteiger partial charge in [-0.1, -0.05) is 30.3 Å². The number of hydrogen-bond donors (Lipinski definition) is 0. The first-order valence-corrected chi connectivity index (χ1v) is 10.9. The van der Waals surface area contributed by atoms with E-state index in [-0.39, 0.29) is 31.2 Å². The van der Waals surface area contributed by atoms with Gasteiger partial charge in [0.25, 0.3) is 0 Å². The highest BCUT2D eigenvalue weighted by molar-refractivity contribution is 5.70. The Morgan fingerprint density at radius 3 is 2.48 bits per heavy atom. The van der Waals surface area contributed by atoms with Gasteiger partial charge < -0.3 is 19.3 Å². The molecule has 0 aromatic heterocycles. The van der Waals surface area contributed by atoms with Crippen LogP contribution in [-0.2, 0) is 16.1 Å². The van der Waals surface area contributed by atoms with E-state index in [0.29, 0.717) is 6.42 Å². The van der Waals surface area contributed by atoms with E-state index in [1.165, 1.54) is 9.80 Å². The zero-order valence-corrected chi connectivity index (χ0v) is 19.4. The molecule has 1 fully saturated rings. The van der Waals surface area contributed by atoms with Crippen molar-refractivity contribution in [2.24, 2.45) is 0 Å². The van der Waals surface area contributed by atoms with Gasteiger partial charge in [-0.15, -0.1) is 0 Å². The van der Waals surface area contributed by atoms with E-state index in [0.717, 1.165) is 23.8 Å². The van der Waals surface area contributed by atoms with Crippen molar-refractivity contribution >= 4 is 12.2 Å². The van der Waals surface area contributed by atoms with E-state index in [4.69, 9.17) is 9.47 Å². The molecule has 8 heteroatoms. The fourth-order valence-corrected chi connectivity index (χ4v) is 3.87. The van der Waals surface area contributed by atoms with Crippen LogP contribution < -0.4 is 0 Å². The summed E-state index contributed by atoms with van der Waals surface area (Å²) in [7, 11) is 1.61. The molecule has 0 radical (unpaired) electrons. The number of amides is 2. The van der Waals surface area contributed by atoms with Crippen LogP contribution in [0.1, 0.15) is 50.8 Å². The summed E-state index contributed by atoms with van der Waals surface area (Å²) in [5.74, 6) is -1.23. The second-order valence-corrected chi connectivity index (χ2v) is 9.18. The van der Waals surface area contributed by atoms with Gasteiger partial charge in [-0.05, 0) is 57.4 Å². The molecule has 3 rings (SSSR count). The number of piperidine rings is 1. The first-order valence-electron chi connectivity index (χ1n) is 10.9. The average Bonchev–Trinajstić information content (AvgIpc) is 2.77. The van der Waals surface area contributed by atoms with E-state index < -0.39 is 35.5 Å². The van der Waals surface area contributed by atoms with Gasteiger partial charge in [0.15, 0.2) is 0 Å². The molecule has 1 heterocycles. The molecule has 0 unspecified atom stereocenters. The molecule has 6 nitrogen and oxygen atoms in total. The Hall–Kier alpha value is -3.16. The summed E-state index contributed by atoms with van der Waals surface area (Å²) < 4.78 is 39.6. The Labute approximate surface area is 193 Å². The lowest BCUT2D eigenvalue weighted by molar-refractivity contribution is 0.00716. The van der Waals surface area contributed by atoms with Crippen LogP contribution in [0.2, 0.25) is 0 Å². The third-order valence-corrected chi connectivity index (χ3v) is 5.56. The fourth-order valence-electron chi connectivity index (χ4n) is 3.87. The van der Waals surface area contributed by atoms with Gasteiger partial charge in [0.1, 0.15) is 23.8 Å². The standard InChI is InChI=1S/C25H30F2N2O4/c1-25(2,3)33-23(30)28(4)19-12-13-29(24(31)32-16-17-8-6-5-7-9-17)22(15-19)20-14-18(26)10-11-21(20)27/h5-11,14,19,22H,12-13,15-16H2,1-4H3/t19-,22+/m0/s1. The number of carbonyl (C=O) groups is 2. The highest BCUT2D eigenvalue weighted by Crippen LogP contribution is 2.35. The van der Waals surface area contributed by atoms with E-state index in [2.05, 4.69) is 0 Å². The van der Waals surface area contributed by atoms with Crippen molar-refractivity contribution in [3.63, 3.8) is 0 Å². The zero-order chi connectivity index (χ0) is 24.2. The fraction of sp³-hybridized carbons (Fsp3) is 0.440. The van der Waals surface area contributed by atoms with Crippen LogP contribution in [0.3, 0.4) is 0 Å². The van der Waals surface area contributed by atoms with Gasteiger partial charge in [0.2, 0.25) is 0 Å². The topological polar surface area (TPSA) is 59.1 Å². The molecule has 2 aromatic carbocycles. The largest absolute Gasteiger partial charge is 0.445 e. The van der Waals surface area contributed by atoms with E-state index in [1.54, 1.807) is 27.8 Å². The molecule has 0 bridgehead atoms. The van der Waals surface area contributed by atoms with Gasteiger partial charge >= 0.3 is 12.2 Å². The van der Waals surface area contributed by atoms with Crippen molar-refractivity contribution in [3.8, 4) is 0 Å². The maximum absolute atomic E-state index is 14.7. The van der Waals surface area contributed by atoms with Crippen molar-refractivity contribution in [2.45, 2.75) is 57.9 Å². The third kappa shape index (κ3) is 6.43. The smallest absolute Gasteiger partial charge is 0.410 e. The van der Waals surface area contributed by atoms with Crippen LogP contribution in [0.15, 0.2) is 48.5 Å². The molecule has 1 aliphatic rings. The van der Waals surface area contributed by atoms with Crippen LogP contribution in [0.4, 0.5) is 18.4 Å². The van der Waals surface area contributed by atoms with Crippen LogP contribution in [0, 0.1) is 11.6 Å². The molecular weight excluding hydrogens is 430 g/mol. The van der Waals surface area contributed by atoms with E-state index in [1.807, 2.05) is 30.3 Å². The lowest BCUT2D eigenvalue weighted by atomic mass is 9.91. The highest BCUT2D eigenvalue weighted by Gasteiger charge is 2.38. The summed E-state index contributed by atoms with van der Waals surface area (Å²) in [5.41, 5.74) is 0.203. The minimum absolute atomic E-state index is 0.0500. The Morgan fingerprint density at radius 2 is 1.82 bits per heavy atom. The number of ether oxygens (including phenoxy) is 2. The Morgan fingerprint density at radius 1 is 1.12 bits per heavy atom. The van der Waals surface area contributed by atoms with Crippen molar-refractivity contribution in [1.82, 2.24) is 9.80 Å². The summed E-state index contributed by atoms with van der Waals surface area (Å²) in [6, 6.07) is 11.2. The van der Waals surface area contributed by atoms with Crippen molar-refractivity contribution < 1.29 is 27.8 Å². The summed E-state index contributed by atoms with van der Waals surface area (Å²) in [4.78, 5) is 28.4. The average molecular weight is 461 g/mol. The number of carbonyl (C=O) groups excluding carboxylic acids is 2. The Bertz CT molecular complexity index is 978. The molecule has 33 heavy (non-hydrogen) atoms. The number of benzene rings is 2. The van der Waals surface area contributed by atoms with Crippen LogP contribution >= 0.6 is 0 Å². The first-order chi connectivity index (χ1) is 15.5. The molecule has 0 aliphatic carbocycles. The molecule has 2 atom stereocenters. The van der Waals surface area contributed by atoms with Crippen molar-refractivity contribution in [3.05, 3.63) is 71.3 Å². The monoisotopic (exact) mass is 460 g/mol. The van der Waals surface area contributed by atoms with Crippen LogP contribution in [0.5, 0.6) is 0 Å². The lowest BCUT2D eigenvalue weighted by Gasteiger charge is -2.42. The van der Waals surface area contributed by atoms with E-state index >= 15 is 0 Å². The predicted molar refractivity (Wildman–Crippen MR) is 119 cm³/mol. The predicted octanol–water partition coefficient (Wildman–Crippen LogP) is 5.67. The number of halogens is 2. The minimum atomic E-state index is -0.799. The van der Waals surface area contributed by atoms with Gasteiger partial charge in [0, 0.05) is 25.2 Å². The van der Waals surface area contributed by atoms with Crippen LogP contribution in [0.25, 0.3) is 0 Å². The molecule has 0 spiro atoms. The summed E-state index contributed by atoms with van der Waals surface area (Å²) in [6.07, 6.45) is -0.461. The lowest BCUT2D eigenvalue weighted by Crippen LogP contribution is -2.50. The second-order valence-electron chi connectivity index (χ2n) is 9.18. The molecule has 0 saturated carbocycles. The molecule has 1 aliphatic heterocycles. The second kappa shape index (κ2) is 10.2. The number of hydrogen-bond acceptors (Lipinski definition) is 4. The quantitative estimate of drug-likeness (QED) is 0.590. The third-order valence-electron chi connectivity index (χ3n) is 5.56. The summed E-state index contributed by atoms with van der Waals surface area (Å²) in [5, 5.41) is 0. The maximum Gasteiger partial charge on any atom is 0.410 e. The van der Waals surface area contributed by atoms with E-state index in [9.17, 15) is 18.4 Å². The SMILES string of the molecule is CN(C(=O)OC(C)(C)C)[C@H]1CCN(C(=O)OCc2ccccc2)[C@@H](c2cc(F)ccc2F)C1. The molecule has 2 aromatic rings.